The lowest BCUT2D eigenvalue weighted by Crippen LogP contribution is -2.52. The van der Waals surface area contributed by atoms with E-state index < -0.39 is 0 Å². The molecule has 0 bridgehead atoms. The average Bonchev–Trinajstić information content (AvgIpc) is 2.39. The highest BCUT2D eigenvalue weighted by atomic mass is 16.3. The lowest BCUT2D eigenvalue weighted by Gasteiger charge is -2.34. The SMILES string of the molecule is CCC(C)(CC)C(=O)NCCC[N+](C)(C)CC(O)C[N+](C)(C)C. The molecule has 5 nitrogen and oxygen atoms in total. The predicted octanol–water partition coefficient (Wildman–Crippen LogP) is 1.46. The van der Waals surface area contributed by atoms with Crippen molar-refractivity contribution < 1.29 is 18.9 Å². The number of hydrogen-bond acceptors (Lipinski definition) is 2. The highest BCUT2D eigenvalue weighted by Crippen LogP contribution is 2.25. The summed E-state index contributed by atoms with van der Waals surface area (Å²) in [6.07, 6.45) is 2.37. The number of carbonyl (C=O) groups excluding carboxylic acids is 1. The molecule has 1 unspecified atom stereocenters. The average molecular weight is 332 g/mol. The van der Waals surface area contributed by atoms with Crippen molar-refractivity contribution in [3.63, 3.8) is 0 Å². The van der Waals surface area contributed by atoms with Gasteiger partial charge >= 0.3 is 0 Å². The van der Waals surface area contributed by atoms with Gasteiger partial charge in [0.25, 0.3) is 0 Å². The van der Waals surface area contributed by atoms with Gasteiger partial charge in [-0.2, -0.15) is 0 Å². The summed E-state index contributed by atoms with van der Waals surface area (Å²) in [7, 11) is 10.6. The van der Waals surface area contributed by atoms with E-state index in [1.807, 2.05) is 6.92 Å². The third-order valence-electron chi connectivity index (χ3n) is 4.80. The molecule has 0 fully saturated rings. The van der Waals surface area contributed by atoms with Crippen molar-refractivity contribution in [2.24, 2.45) is 5.41 Å². The summed E-state index contributed by atoms with van der Waals surface area (Å²) in [6, 6.07) is 0. The van der Waals surface area contributed by atoms with Crippen LogP contribution in [0.25, 0.3) is 0 Å². The second kappa shape index (κ2) is 9.00. The largest absolute Gasteiger partial charge is 0.382 e. The molecular formula is C18H41N3O2+2. The van der Waals surface area contributed by atoms with E-state index in [0.717, 1.165) is 47.9 Å². The van der Waals surface area contributed by atoms with Gasteiger partial charge in [-0.15, -0.1) is 0 Å². The first kappa shape index (κ1) is 22.4. The third kappa shape index (κ3) is 9.28. The van der Waals surface area contributed by atoms with E-state index in [2.05, 4.69) is 54.4 Å². The molecule has 0 aromatic heterocycles. The van der Waals surface area contributed by atoms with Crippen LogP contribution in [0.5, 0.6) is 0 Å². The van der Waals surface area contributed by atoms with Crippen molar-refractivity contribution in [1.29, 1.82) is 0 Å². The second-order valence-electron chi connectivity index (χ2n) is 8.85. The van der Waals surface area contributed by atoms with Gasteiger partial charge in [0.1, 0.15) is 13.1 Å². The molecule has 0 radical (unpaired) electrons. The molecule has 138 valence electrons. The number of nitrogens with one attached hydrogen (secondary N) is 1. The van der Waals surface area contributed by atoms with E-state index in [0.29, 0.717) is 6.54 Å². The van der Waals surface area contributed by atoms with Crippen molar-refractivity contribution in [2.45, 2.75) is 46.1 Å². The topological polar surface area (TPSA) is 49.3 Å². The first-order valence-corrected chi connectivity index (χ1v) is 8.94. The maximum absolute atomic E-state index is 12.2. The Morgan fingerprint density at radius 2 is 1.61 bits per heavy atom. The number of hydrogen-bond donors (Lipinski definition) is 2. The Hall–Kier alpha value is -0.650. The number of aliphatic hydroxyl groups is 1. The van der Waals surface area contributed by atoms with Gasteiger partial charge in [0.15, 0.2) is 6.10 Å². The minimum Gasteiger partial charge on any atom is -0.382 e. The highest BCUT2D eigenvalue weighted by Gasteiger charge is 2.29. The number of amides is 1. The maximum atomic E-state index is 12.2. The van der Waals surface area contributed by atoms with Crippen LogP contribution in [0.3, 0.4) is 0 Å². The molecule has 5 heteroatoms. The van der Waals surface area contributed by atoms with Crippen molar-refractivity contribution in [3.8, 4) is 0 Å². The summed E-state index contributed by atoms with van der Waals surface area (Å²) in [6.45, 7) is 9.32. The first-order valence-electron chi connectivity index (χ1n) is 8.94. The summed E-state index contributed by atoms with van der Waals surface area (Å²) < 4.78 is 1.54. The van der Waals surface area contributed by atoms with Crippen LogP contribution in [-0.4, -0.2) is 87.5 Å². The van der Waals surface area contributed by atoms with Crippen LogP contribution in [-0.2, 0) is 4.79 Å². The van der Waals surface area contributed by atoms with E-state index >= 15 is 0 Å². The van der Waals surface area contributed by atoms with Crippen LogP contribution >= 0.6 is 0 Å². The number of quaternary nitrogens is 2. The molecule has 0 spiro atoms. The van der Waals surface area contributed by atoms with Gasteiger partial charge in [-0.3, -0.25) is 4.79 Å². The third-order valence-corrected chi connectivity index (χ3v) is 4.80. The monoisotopic (exact) mass is 331 g/mol. The Morgan fingerprint density at radius 1 is 1.09 bits per heavy atom. The summed E-state index contributed by atoms with van der Waals surface area (Å²) in [5.41, 5.74) is -0.245. The summed E-state index contributed by atoms with van der Waals surface area (Å²) in [4.78, 5) is 12.2. The maximum Gasteiger partial charge on any atom is 0.225 e. The van der Waals surface area contributed by atoms with Crippen LogP contribution in [0, 0.1) is 5.41 Å². The van der Waals surface area contributed by atoms with Crippen molar-refractivity contribution in [1.82, 2.24) is 5.32 Å². The Labute approximate surface area is 143 Å². The Kier molecular flexibility index (Phi) is 8.74. The van der Waals surface area contributed by atoms with E-state index in [4.69, 9.17) is 0 Å². The molecule has 0 aromatic carbocycles. The molecule has 0 saturated carbocycles. The Balaban J connectivity index is 4.18. The first-order chi connectivity index (χ1) is 10.4. The lowest BCUT2D eigenvalue weighted by atomic mass is 9.84. The van der Waals surface area contributed by atoms with Gasteiger partial charge in [-0.05, 0) is 12.8 Å². The number of likely N-dealkylation sites (N-methyl/N-ethyl adjacent to an activating group) is 2. The zero-order chi connectivity index (χ0) is 18.3. The standard InChI is InChI=1S/C18H40N3O2/c1-9-18(3,10-2)17(23)19-12-11-13-21(7,8)15-16(22)14-20(4,5)6/h16,22H,9-15H2,1-8H3/q+1/p+1. The predicted molar refractivity (Wildman–Crippen MR) is 97.1 cm³/mol. The molecule has 0 rings (SSSR count). The lowest BCUT2D eigenvalue weighted by molar-refractivity contribution is -0.907. The fraction of sp³-hybridized carbons (Fsp3) is 0.944. The molecular weight excluding hydrogens is 290 g/mol. The highest BCUT2D eigenvalue weighted by molar-refractivity contribution is 5.82. The van der Waals surface area contributed by atoms with E-state index in [9.17, 15) is 9.90 Å². The molecule has 0 aliphatic carbocycles. The molecule has 0 aliphatic heterocycles. The molecule has 0 aliphatic rings. The van der Waals surface area contributed by atoms with Crippen LogP contribution in [0.1, 0.15) is 40.0 Å². The minimum absolute atomic E-state index is 0.165. The van der Waals surface area contributed by atoms with Crippen molar-refractivity contribution >= 4 is 5.91 Å². The minimum atomic E-state index is -0.303. The summed E-state index contributed by atoms with van der Waals surface area (Å²) >= 11 is 0. The number of rotatable bonds is 11. The van der Waals surface area contributed by atoms with E-state index in [1.54, 1.807) is 0 Å². The fourth-order valence-corrected chi connectivity index (χ4v) is 2.85. The Bertz CT molecular complexity index is 358. The normalized spacial score (nSPS) is 14.7. The zero-order valence-electron chi connectivity index (χ0n) is 16.8. The Morgan fingerprint density at radius 3 is 2.04 bits per heavy atom. The van der Waals surface area contributed by atoms with Crippen LogP contribution < -0.4 is 5.32 Å². The molecule has 0 aromatic rings. The summed E-state index contributed by atoms with van der Waals surface area (Å²) in [5, 5.41) is 13.3. The molecule has 2 N–H and O–H groups in total. The quantitative estimate of drug-likeness (QED) is 0.445. The van der Waals surface area contributed by atoms with E-state index in [-0.39, 0.29) is 17.4 Å². The van der Waals surface area contributed by atoms with Gasteiger partial charge in [-0.1, -0.05) is 20.8 Å². The van der Waals surface area contributed by atoms with Crippen LogP contribution in [0.15, 0.2) is 0 Å². The van der Waals surface area contributed by atoms with E-state index in [1.165, 1.54) is 0 Å². The molecule has 0 saturated heterocycles. The second-order valence-corrected chi connectivity index (χ2v) is 8.85. The van der Waals surface area contributed by atoms with Gasteiger partial charge < -0.3 is 19.4 Å². The zero-order valence-corrected chi connectivity index (χ0v) is 16.8. The smallest absolute Gasteiger partial charge is 0.225 e. The number of carbonyl (C=O) groups is 1. The number of nitrogens with zero attached hydrogens (tertiary/aromatic N) is 2. The molecule has 23 heavy (non-hydrogen) atoms. The van der Waals surface area contributed by atoms with Crippen LogP contribution in [0.2, 0.25) is 0 Å². The van der Waals surface area contributed by atoms with Crippen LogP contribution in [0.4, 0.5) is 0 Å². The number of aliphatic hydroxyl groups excluding tert-OH is 1. The fourth-order valence-electron chi connectivity index (χ4n) is 2.85. The van der Waals surface area contributed by atoms with Gasteiger partial charge in [0.05, 0.1) is 41.8 Å². The van der Waals surface area contributed by atoms with Crippen molar-refractivity contribution in [3.05, 3.63) is 0 Å². The van der Waals surface area contributed by atoms with Gasteiger partial charge in [0, 0.05) is 18.4 Å². The molecule has 1 amide bonds. The summed E-state index contributed by atoms with van der Waals surface area (Å²) in [5.74, 6) is 0.165. The van der Waals surface area contributed by atoms with Crippen molar-refractivity contribution in [2.75, 3.05) is 61.4 Å². The van der Waals surface area contributed by atoms with Gasteiger partial charge in [-0.25, -0.2) is 0 Å². The molecule has 0 heterocycles. The molecule has 1 atom stereocenters. The van der Waals surface area contributed by atoms with Gasteiger partial charge in [0.2, 0.25) is 5.91 Å².